The number of nitrogens with one attached hydrogen (secondary N) is 2. The molecule has 29 heteroatoms. The van der Waals surface area contributed by atoms with Crippen molar-refractivity contribution in [2.75, 3.05) is 69.7 Å². The number of nitrogens with zero attached hydrogens (tertiary/aromatic N) is 6. The van der Waals surface area contributed by atoms with Gasteiger partial charge < -0.3 is 75.2 Å². The maximum atomic E-state index is 13.2. The number of hydrogen-bond acceptors (Lipinski definition) is 20. The lowest BCUT2D eigenvalue weighted by atomic mass is 10.1. The van der Waals surface area contributed by atoms with E-state index in [1.54, 1.807) is 67.7 Å². The SMILES string of the molecule is CN(Cc1cnc2nc(N)nc(N)c2n1)c1ccc(C(=O)NC(CCC(=O)O)C(=O)OCc2ccc(C(=O)N/N=C/c3cccc(OCCOCCOCCOCCC(O)(P(=O)(O)O)P(=O)(O)O)c3)cc2)cc1. The molecule has 2 amide bonds. The van der Waals surface area contributed by atoms with E-state index in [0.29, 0.717) is 34.6 Å². The molecule has 73 heavy (non-hydrogen) atoms. The van der Waals surface area contributed by atoms with Gasteiger partial charge >= 0.3 is 27.1 Å². The Hall–Kier alpha value is -7.03. The summed E-state index contributed by atoms with van der Waals surface area (Å²) >= 11 is 0. The summed E-state index contributed by atoms with van der Waals surface area (Å²) in [4.78, 5) is 106. The van der Waals surface area contributed by atoms with E-state index in [4.69, 9.17) is 54.7 Å². The average Bonchev–Trinajstić information content (AvgIpc) is 3.34. The van der Waals surface area contributed by atoms with Crippen molar-refractivity contribution < 1.29 is 81.8 Å². The van der Waals surface area contributed by atoms with Crippen molar-refractivity contribution in [3.63, 3.8) is 0 Å². The first-order valence-corrected chi connectivity index (χ1v) is 25.1. The van der Waals surface area contributed by atoms with Gasteiger partial charge in [-0.3, -0.25) is 23.5 Å². The van der Waals surface area contributed by atoms with E-state index in [1.807, 2.05) is 4.90 Å². The monoisotopic (exact) mass is 1060 g/mol. The molecule has 5 rings (SSSR count). The minimum absolute atomic E-state index is 0.0161. The van der Waals surface area contributed by atoms with E-state index < -0.39 is 69.5 Å². The molecule has 392 valence electrons. The third-order valence-corrected chi connectivity index (χ3v) is 14.2. The molecule has 0 aliphatic rings. The number of fused-ring (bicyclic) bond motifs is 1. The van der Waals surface area contributed by atoms with Crippen molar-refractivity contribution in [2.45, 2.75) is 43.5 Å². The number of carbonyl (C=O) groups is 4. The van der Waals surface area contributed by atoms with Crippen LogP contribution in [0.25, 0.3) is 11.2 Å². The second-order valence-corrected chi connectivity index (χ2v) is 19.7. The Morgan fingerprint density at radius 1 is 0.822 bits per heavy atom. The molecule has 0 saturated heterocycles. The summed E-state index contributed by atoms with van der Waals surface area (Å²) in [5.74, 6) is -2.60. The number of anilines is 3. The predicted octanol–water partition coefficient (Wildman–Crippen LogP) is 1.51. The molecule has 0 aliphatic heterocycles. The summed E-state index contributed by atoms with van der Waals surface area (Å²) in [6.07, 6.45) is 1.31. The van der Waals surface area contributed by atoms with Gasteiger partial charge in [0.25, 0.3) is 16.9 Å². The maximum absolute atomic E-state index is 13.2. The van der Waals surface area contributed by atoms with E-state index in [0.717, 1.165) is 5.69 Å². The Kier molecular flexibility index (Phi) is 20.7. The number of aliphatic carboxylic acids is 1. The molecule has 0 fully saturated rings. The van der Waals surface area contributed by atoms with Gasteiger partial charge in [-0.2, -0.15) is 15.1 Å². The number of aliphatic hydroxyl groups is 1. The summed E-state index contributed by atoms with van der Waals surface area (Å²) in [6.45, 7) is 0.240. The minimum atomic E-state index is -5.55. The van der Waals surface area contributed by atoms with Crippen LogP contribution in [0, 0.1) is 0 Å². The quantitative estimate of drug-likeness (QED) is 0.0107. The van der Waals surface area contributed by atoms with Gasteiger partial charge in [0.05, 0.1) is 64.3 Å². The first-order chi connectivity index (χ1) is 34.6. The Labute approximate surface area is 416 Å². The van der Waals surface area contributed by atoms with Gasteiger partial charge in [-0.1, -0.05) is 24.3 Å². The Bertz CT molecular complexity index is 2790. The zero-order valence-electron chi connectivity index (χ0n) is 39.1. The lowest BCUT2D eigenvalue weighted by Gasteiger charge is -2.28. The zero-order chi connectivity index (χ0) is 53.2. The lowest BCUT2D eigenvalue weighted by Crippen LogP contribution is -2.42. The second-order valence-electron chi connectivity index (χ2n) is 15.7. The molecule has 0 saturated carbocycles. The molecule has 0 bridgehead atoms. The molecule has 2 heterocycles. The van der Waals surface area contributed by atoms with Crippen molar-refractivity contribution in [1.29, 1.82) is 0 Å². The van der Waals surface area contributed by atoms with Crippen molar-refractivity contribution >= 4 is 73.8 Å². The fraction of sp³-hybridized carbons (Fsp3) is 0.341. The van der Waals surface area contributed by atoms with Crippen molar-refractivity contribution in [2.24, 2.45) is 5.10 Å². The van der Waals surface area contributed by atoms with Gasteiger partial charge in [-0.05, 0) is 66.1 Å². The third-order valence-electron chi connectivity index (χ3n) is 10.3. The summed E-state index contributed by atoms with van der Waals surface area (Å²) in [5.41, 5.74) is 17.4. The Morgan fingerprint density at radius 2 is 1.44 bits per heavy atom. The number of esters is 1. The number of nitrogens with two attached hydrogens (primary N) is 2. The normalized spacial score (nSPS) is 12.4. The minimum Gasteiger partial charge on any atom is -0.491 e. The molecule has 0 spiro atoms. The molecule has 0 radical (unpaired) electrons. The molecular weight excluding hydrogens is 1000 g/mol. The van der Waals surface area contributed by atoms with Gasteiger partial charge in [-0.25, -0.2) is 20.2 Å². The highest BCUT2D eigenvalue weighted by molar-refractivity contribution is 7.72. The van der Waals surface area contributed by atoms with Crippen LogP contribution in [0.5, 0.6) is 5.75 Å². The van der Waals surface area contributed by atoms with Crippen LogP contribution < -0.4 is 31.8 Å². The van der Waals surface area contributed by atoms with Crippen LogP contribution in [-0.2, 0) is 50.8 Å². The largest absolute Gasteiger partial charge is 0.491 e. The lowest BCUT2D eigenvalue weighted by molar-refractivity contribution is -0.147. The van der Waals surface area contributed by atoms with Crippen LogP contribution in [0.1, 0.15) is 56.8 Å². The van der Waals surface area contributed by atoms with Crippen LogP contribution in [0.15, 0.2) is 84.1 Å². The summed E-state index contributed by atoms with van der Waals surface area (Å²) in [7, 11) is -9.30. The highest BCUT2D eigenvalue weighted by Gasteiger charge is 2.58. The van der Waals surface area contributed by atoms with Crippen LogP contribution >= 0.6 is 15.2 Å². The van der Waals surface area contributed by atoms with Crippen LogP contribution in [0.3, 0.4) is 0 Å². The van der Waals surface area contributed by atoms with Crippen LogP contribution in [0.2, 0.25) is 0 Å². The van der Waals surface area contributed by atoms with Crippen molar-refractivity contribution in [3.8, 4) is 5.75 Å². The highest BCUT2D eigenvalue weighted by atomic mass is 31.2. The molecule has 2 aromatic heterocycles. The van der Waals surface area contributed by atoms with E-state index in [2.05, 4.69) is 35.8 Å². The predicted molar refractivity (Wildman–Crippen MR) is 260 cm³/mol. The average molecular weight is 1060 g/mol. The number of hydrazone groups is 1. The van der Waals surface area contributed by atoms with Gasteiger partial charge in [-0.15, -0.1) is 0 Å². The zero-order valence-corrected chi connectivity index (χ0v) is 40.8. The van der Waals surface area contributed by atoms with E-state index in [-0.39, 0.29) is 81.2 Å². The van der Waals surface area contributed by atoms with E-state index in [9.17, 15) is 38.5 Å². The smallest absolute Gasteiger partial charge is 0.369 e. The number of carbonyl (C=O) groups excluding carboxylic acids is 3. The Morgan fingerprint density at radius 3 is 2.08 bits per heavy atom. The first kappa shape index (κ1) is 56.9. The molecule has 1 unspecified atom stereocenters. The number of ether oxygens (including phenoxy) is 5. The summed E-state index contributed by atoms with van der Waals surface area (Å²) < 4.78 is 49.6. The van der Waals surface area contributed by atoms with Crippen molar-refractivity contribution in [1.82, 2.24) is 30.7 Å². The number of carboxylic acid groups (broad SMARTS) is 1. The molecule has 5 aromatic rings. The molecule has 27 nitrogen and oxygen atoms in total. The molecule has 0 aliphatic carbocycles. The topological polar surface area (TPSA) is 413 Å². The van der Waals surface area contributed by atoms with Gasteiger partial charge in [0.1, 0.15) is 25.0 Å². The van der Waals surface area contributed by atoms with Crippen molar-refractivity contribution in [3.05, 3.63) is 107 Å². The highest BCUT2D eigenvalue weighted by Crippen LogP contribution is 2.68. The number of hydrogen-bond donors (Lipinski definition) is 10. The summed E-state index contributed by atoms with van der Waals surface area (Å²) in [5, 5.41) is 22.2. The number of nitrogen functional groups attached to an aromatic ring is 2. The fourth-order valence-corrected chi connectivity index (χ4v) is 8.49. The van der Waals surface area contributed by atoms with Crippen LogP contribution in [0.4, 0.5) is 17.5 Å². The molecule has 3 aromatic carbocycles. The van der Waals surface area contributed by atoms with E-state index in [1.165, 1.54) is 24.5 Å². The third kappa shape index (κ3) is 17.3. The number of carboxylic acids is 1. The number of benzene rings is 3. The molecular formula is C44H54N10O17P2. The number of rotatable bonds is 29. The van der Waals surface area contributed by atoms with Gasteiger partial charge in [0.15, 0.2) is 17.0 Å². The first-order valence-electron chi connectivity index (χ1n) is 21.9. The van der Waals surface area contributed by atoms with Gasteiger partial charge in [0, 0.05) is 36.7 Å². The van der Waals surface area contributed by atoms with Crippen LogP contribution in [-0.4, -0.2) is 144 Å². The standard InChI is InChI=1S/C44H54N10O17P2/c1-54(26-32-25-47-39-37(49-32)38(45)51-43(46)52-39)33-11-9-30(10-12-33)40(57)50-35(13-14-36(55)56)42(59)71-27-28-5-7-31(8-6-28)41(58)53-48-24-29-3-2-4-34(23-29)70-22-21-69-20-19-68-18-17-67-16-15-44(60,72(61,62)63)73(64,65)66/h2-12,23-25,35,60H,13-22,26-27H2,1H3,(H,50,57)(H,53,58)(H,55,56)(H2,61,62,63)(H2,64,65,66)(H4,45,46,47,51,52)/b48-24+. The molecule has 1 atom stereocenters. The molecule has 12 N–H and O–H groups in total. The number of amides is 2. The van der Waals surface area contributed by atoms with Gasteiger partial charge in [0.2, 0.25) is 5.95 Å². The van der Waals surface area contributed by atoms with E-state index >= 15 is 0 Å². The summed E-state index contributed by atoms with van der Waals surface area (Å²) in [6, 6.07) is 18.1. The Balaban J connectivity index is 0.991. The number of aromatic nitrogens is 4. The maximum Gasteiger partial charge on any atom is 0.369 e. The second kappa shape index (κ2) is 26.6. The fourth-order valence-electron chi connectivity index (χ4n) is 6.37.